The number of rotatable bonds is 6. The second kappa shape index (κ2) is 10.6. The first-order chi connectivity index (χ1) is 17.8. The van der Waals surface area contributed by atoms with Crippen LogP contribution in [0, 0.1) is 12.8 Å². The number of ether oxygens (including phenoxy) is 2. The Kier molecular flexibility index (Phi) is 7.76. The first kappa shape index (κ1) is 27.9. The number of benzene rings is 1. The summed E-state index contributed by atoms with van der Waals surface area (Å²) in [6.07, 6.45) is -2.58. The molecule has 3 aliphatic rings. The number of amidine groups is 2. The average Bonchev–Trinajstić information content (AvgIpc) is 3.15. The largest absolute Gasteiger partial charge is 0.462 e. The number of carbonyl (C=O) groups excluding carboxylic acids is 1. The lowest BCUT2D eigenvalue weighted by molar-refractivity contribution is -0.148. The maximum absolute atomic E-state index is 13.7. The molecule has 3 heterocycles. The first-order valence-electron chi connectivity index (χ1n) is 12.7. The first-order valence-corrected chi connectivity index (χ1v) is 12.7. The topological polar surface area (TPSA) is 119 Å². The van der Waals surface area contributed by atoms with Crippen molar-refractivity contribution in [2.75, 3.05) is 32.9 Å². The van der Waals surface area contributed by atoms with Crippen molar-refractivity contribution in [2.24, 2.45) is 27.5 Å². The highest BCUT2D eigenvalue weighted by molar-refractivity contribution is 6.09. The minimum Gasteiger partial charge on any atom is -0.462 e. The Balaban J connectivity index is 1.70. The van der Waals surface area contributed by atoms with Crippen LogP contribution in [0.4, 0.5) is 13.2 Å². The molecule has 0 saturated carbocycles. The SMILES string of the molecule is Cc1c(CC2N3N=C(N4CCOCC4)C=C(N)C3=NC2(C)COC(=O)C(N)C(C)C)cccc1C(F)(F)F. The van der Waals surface area contributed by atoms with Gasteiger partial charge in [-0.25, -0.2) is 5.01 Å². The number of esters is 1. The van der Waals surface area contributed by atoms with Crippen LogP contribution in [0.3, 0.4) is 0 Å². The second-order valence-corrected chi connectivity index (χ2v) is 10.5. The van der Waals surface area contributed by atoms with Crippen LogP contribution in [0.15, 0.2) is 40.1 Å². The van der Waals surface area contributed by atoms with E-state index in [1.807, 2.05) is 18.7 Å². The number of nitrogens with two attached hydrogens (primary N) is 2. The van der Waals surface area contributed by atoms with Crippen molar-refractivity contribution in [2.45, 2.75) is 57.9 Å². The van der Waals surface area contributed by atoms with Crippen LogP contribution in [0.5, 0.6) is 0 Å². The molecule has 38 heavy (non-hydrogen) atoms. The predicted octanol–water partition coefficient (Wildman–Crippen LogP) is 2.43. The highest BCUT2D eigenvalue weighted by atomic mass is 19.4. The number of hydrogen-bond acceptors (Lipinski definition) is 9. The molecule has 4 N–H and O–H groups in total. The Morgan fingerprint density at radius 3 is 2.61 bits per heavy atom. The molecule has 1 saturated heterocycles. The van der Waals surface area contributed by atoms with Gasteiger partial charge in [-0.2, -0.15) is 18.3 Å². The van der Waals surface area contributed by atoms with Gasteiger partial charge in [-0.1, -0.05) is 26.0 Å². The fraction of sp³-hybridized carbons (Fsp3) is 0.577. The van der Waals surface area contributed by atoms with E-state index in [0.717, 1.165) is 6.07 Å². The molecule has 0 bridgehead atoms. The molecule has 3 aliphatic heterocycles. The number of hydrogen-bond donors (Lipinski definition) is 2. The van der Waals surface area contributed by atoms with Crippen molar-refractivity contribution in [3.8, 4) is 0 Å². The van der Waals surface area contributed by atoms with Crippen LogP contribution in [0.1, 0.15) is 37.5 Å². The summed E-state index contributed by atoms with van der Waals surface area (Å²) in [4.78, 5) is 19.4. The number of morpholine rings is 1. The summed E-state index contributed by atoms with van der Waals surface area (Å²) >= 11 is 0. The monoisotopic (exact) mass is 536 g/mol. The van der Waals surface area contributed by atoms with Gasteiger partial charge in [0, 0.05) is 19.2 Å². The molecular weight excluding hydrogens is 501 g/mol. The molecule has 4 rings (SSSR count). The molecule has 3 unspecified atom stereocenters. The molecule has 12 heteroatoms. The van der Waals surface area contributed by atoms with Crippen molar-refractivity contribution >= 4 is 17.6 Å². The molecule has 1 aromatic rings. The summed E-state index contributed by atoms with van der Waals surface area (Å²) in [6, 6.07) is 2.74. The van der Waals surface area contributed by atoms with E-state index in [0.29, 0.717) is 49.2 Å². The third kappa shape index (κ3) is 5.51. The van der Waals surface area contributed by atoms with Gasteiger partial charge in [0.2, 0.25) is 0 Å². The molecule has 208 valence electrons. The Morgan fingerprint density at radius 1 is 1.29 bits per heavy atom. The van der Waals surface area contributed by atoms with E-state index in [9.17, 15) is 18.0 Å². The standard InChI is InChI=1S/C26H35F3N6O3/c1-15(2)22(31)24(36)38-14-25(4)20(12-17-6-5-7-18(16(17)3)26(27,28)29)35-23(32-25)19(30)13-21(33-35)34-8-10-37-11-9-34/h5-7,13,15,20,22H,8-12,14,30-31H2,1-4H3. The summed E-state index contributed by atoms with van der Waals surface area (Å²) in [5.41, 5.74) is 11.6. The van der Waals surface area contributed by atoms with Gasteiger partial charge in [0.25, 0.3) is 0 Å². The quantitative estimate of drug-likeness (QED) is 0.536. The van der Waals surface area contributed by atoms with Gasteiger partial charge in [-0.05, 0) is 43.4 Å². The smallest absolute Gasteiger partial charge is 0.416 e. The molecule has 1 fully saturated rings. The lowest BCUT2D eigenvalue weighted by Crippen LogP contribution is -2.51. The maximum Gasteiger partial charge on any atom is 0.416 e. The number of halogens is 3. The number of nitrogens with zero attached hydrogens (tertiary/aromatic N) is 4. The normalized spacial score (nSPS) is 24.6. The van der Waals surface area contributed by atoms with Crippen LogP contribution < -0.4 is 11.5 Å². The molecule has 9 nitrogen and oxygen atoms in total. The Bertz CT molecular complexity index is 1160. The number of hydrazone groups is 1. The number of alkyl halides is 3. The van der Waals surface area contributed by atoms with Crippen LogP contribution >= 0.6 is 0 Å². The minimum atomic E-state index is -4.48. The molecule has 0 radical (unpaired) electrons. The third-order valence-corrected chi connectivity index (χ3v) is 7.34. The Morgan fingerprint density at radius 2 is 1.97 bits per heavy atom. The summed E-state index contributed by atoms with van der Waals surface area (Å²) in [5, 5.41) is 6.49. The zero-order valence-corrected chi connectivity index (χ0v) is 22.1. The van der Waals surface area contributed by atoms with Gasteiger partial charge in [-0.15, -0.1) is 0 Å². The maximum atomic E-state index is 13.7. The number of carbonyl (C=O) groups is 1. The fourth-order valence-corrected chi connectivity index (χ4v) is 4.82. The van der Waals surface area contributed by atoms with E-state index in [4.69, 9.17) is 31.0 Å². The highest BCUT2D eigenvalue weighted by Crippen LogP contribution is 2.38. The third-order valence-electron chi connectivity index (χ3n) is 7.34. The zero-order valence-electron chi connectivity index (χ0n) is 22.1. The summed E-state index contributed by atoms with van der Waals surface area (Å²) in [6.45, 7) is 9.09. The molecule has 0 aliphatic carbocycles. The van der Waals surface area contributed by atoms with Crippen molar-refractivity contribution in [3.05, 3.63) is 46.7 Å². The van der Waals surface area contributed by atoms with Gasteiger partial charge in [-0.3, -0.25) is 9.79 Å². The number of aliphatic imine (C=N–C) groups is 1. The van der Waals surface area contributed by atoms with Gasteiger partial charge in [0.15, 0.2) is 11.7 Å². The molecule has 0 aromatic heterocycles. The molecule has 0 spiro atoms. The van der Waals surface area contributed by atoms with E-state index in [-0.39, 0.29) is 24.5 Å². The van der Waals surface area contributed by atoms with Crippen LogP contribution in [0.25, 0.3) is 0 Å². The van der Waals surface area contributed by atoms with Crippen molar-refractivity contribution in [1.82, 2.24) is 9.91 Å². The highest BCUT2D eigenvalue weighted by Gasteiger charge is 2.49. The second-order valence-electron chi connectivity index (χ2n) is 10.5. The van der Waals surface area contributed by atoms with Crippen molar-refractivity contribution in [1.29, 1.82) is 0 Å². The molecule has 0 amide bonds. The van der Waals surface area contributed by atoms with E-state index >= 15 is 0 Å². The minimum absolute atomic E-state index is 0.126. The Hall–Kier alpha value is -3.12. The summed E-state index contributed by atoms with van der Waals surface area (Å²) < 4.78 is 52.0. The lowest BCUT2D eigenvalue weighted by Gasteiger charge is -2.36. The van der Waals surface area contributed by atoms with Gasteiger partial charge >= 0.3 is 12.1 Å². The average molecular weight is 537 g/mol. The van der Waals surface area contributed by atoms with Gasteiger partial charge in [0.05, 0.1) is 30.5 Å². The lowest BCUT2D eigenvalue weighted by atomic mass is 9.87. The zero-order chi connectivity index (χ0) is 27.8. The van der Waals surface area contributed by atoms with Crippen LogP contribution in [-0.2, 0) is 26.9 Å². The Labute approximate surface area is 220 Å². The predicted molar refractivity (Wildman–Crippen MR) is 137 cm³/mol. The molecule has 3 atom stereocenters. The molecular formula is C26H35F3N6O3. The van der Waals surface area contributed by atoms with E-state index in [1.165, 1.54) is 13.0 Å². The fourth-order valence-electron chi connectivity index (χ4n) is 4.82. The van der Waals surface area contributed by atoms with E-state index < -0.39 is 35.3 Å². The van der Waals surface area contributed by atoms with E-state index in [2.05, 4.69) is 0 Å². The molecule has 1 aromatic carbocycles. The van der Waals surface area contributed by atoms with Crippen molar-refractivity contribution < 1.29 is 27.4 Å². The van der Waals surface area contributed by atoms with Gasteiger partial charge in [0.1, 0.15) is 18.2 Å². The number of fused-ring (bicyclic) bond motifs is 1. The van der Waals surface area contributed by atoms with Crippen molar-refractivity contribution in [3.63, 3.8) is 0 Å². The van der Waals surface area contributed by atoms with Gasteiger partial charge < -0.3 is 25.8 Å². The van der Waals surface area contributed by atoms with E-state index in [1.54, 1.807) is 24.1 Å². The van der Waals surface area contributed by atoms with Crippen LogP contribution in [0.2, 0.25) is 0 Å². The summed E-state index contributed by atoms with van der Waals surface area (Å²) in [7, 11) is 0. The van der Waals surface area contributed by atoms with Crippen LogP contribution in [-0.4, -0.2) is 78.1 Å². The summed E-state index contributed by atoms with van der Waals surface area (Å²) in [5.74, 6) is 0.322.